The van der Waals surface area contributed by atoms with Crippen molar-refractivity contribution in [2.75, 3.05) is 12.4 Å². The molecule has 0 saturated carbocycles. The number of nitrogens with zero attached hydrogens (tertiary/aromatic N) is 3. The van der Waals surface area contributed by atoms with E-state index in [9.17, 15) is 13.2 Å². The average molecular weight is 418 g/mol. The summed E-state index contributed by atoms with van der Waals surface area (Å²) in [5.41, 5.74) is 0.908. The van der Waals surface area contributed by atoms with Gasteiger partial charge in [0, 0.05) is 18.7 Å². The maximum absolute atomic E-state index is 12.5. The number of rotatable bonds is 6. The van der Waals surface area contributed by atoms with E-state index in [0.717, 1.165) is 0 Å². The van der Waals surface area contributed by atoms with Gasteiger partial charge in [0.05, 0.1) is 10.5 Å². The maximum Gasteiger partial charge on any atom is 0.322 e. The third-order valence-electron chi connectivity index (χ3n) is 4.44. The van der Waals surface area contributed by atoms with E-state index in [0.29, 0.717) is 17.1 Å². The van der Waals surface area contributed by atoms with Gasteiger partial charge >= 0.3 is 6.01 Å². The summed E-state index contributed by atoms with van der Waals surface area (Å²) in [5, 5.41) is 10.2. The Morgan fingerprint density at radius 2 is 1.76 bits per heavy atom. The lowest BCUT2D eigenvalue weighted by molar-refractivity contribution is 0.102. The Balaban J connectivity index is 1.74. The lowest BCUT2D eigenvalue weighted by Gasteiger charge is -2.20. The number of nitrogens with one attached hydrogen (secondary N) is 1. The quantitative estimate of drug-likeness (QED) is 0.653. The topological polar surface area (TPSA) is 119 Å². The van der Waals surface area contributed by atoms with Crippen LogP contribution in [0.4, 0.5) is 6.01 Å². The third kappa shape index (κ3) is 4.22. The number of carbonyl (C=O) groups excluding carboxylic acids is 1. The van der Waals surface area contributed by atoms with Crippen LogP contribution in [-0.2, 0) is 10.0 Å². The first-order valence-corrected chi connectivity index (χ1v) is 10.3. The number of sulfonamides is 1. The zero-order chi connectivity index (χ0) is 21.3. The fourth-order valence-electron chi connectivity index (χ4n) is 2.62. The molecule has 10 heteroatoms. The number of hydrogen-bond acceptors (Lipinski definition) is 7. The maximum atomic E-state index is 12.5. The lowest BCUT2D eigenvalue weighted by atomic mass is 10.2. The van der Waals surface area contributed by atoms with Crippen molar-refractivity contribution in [3.63, 3.8) is 0 Å². The van der Waals surface area contributed by atoms with Crippen LogP contribution in [0.3, 0.4) is 0 Å². The molecular weight excluding hydrogens is 396 g/mol. The zero-order valence-corrected chi connectivity index (χ0v) is 17.6. The van der Waals surface area contributed by atoms with Gasteiger partial charge in [-0.3, -0.25) is 10.1 Å². The van der Waals surface area contributed by atoms with E-state index in [-0.39, 0.29) is 28.4 Å². The third-order valence-corrected chi connectivity index (χ3v) is 6.49. The normalized spacial score (nSPS) is 12.0. The Bertz CT molecular complexity index is 1130. The summed E-state index contributed by atoms with van der Waals surface area (Å²) in [5.74, 6) is 1.07. The van der Waals surface area contributed by atoms with E-state index in [4.69, 9.17) is 8.83 Å². The molecule has 0 aliphatic heterocycles. The molecule has 3 aromatic rings. The van der Waals surface area contributed by atoms with Crippen molar-refractivity contribution in [1.29, 1.82) is 0 Å². The zero-order valence-electron chi connectivity index (χ0n) is 16.8. The Labute approximate surface area is 168 Å². The number of carbonyl (C=O) groups is 1. The Morgan fingerprint density at radius 1 is 1.10 bits per heavy atom. The van der Waals surface area contributed by atoms with Crippen molar-refractivity contribution >= 4 is 21.9 Å². The number of aryl methyl sites for hydroxylation is 2. The van der Waals surface area contributed by atoms with Gasteiger partial charge in [-0.2, -0.15) is 4.31 Å². The predicted octanol–water partition coefficient (Wildman–Crippen LogP) is 3.23. The number of amides is 1. The summed E-state index contributed by atoms with van der Waals surface area (Å²) in [7, 11) is -2.11. The van der Waals surface area contributed by atoms with Crippen LogP contribution in [-0.4, -0.2) is 41.9 Å². The smallest absolute Gasteiger partial charge is 0.322 e. The molecule has 0 spiro atoms. The summed E-state index contributed by atoms with van der Waals surface area (Å²) < 4.78 is 37.2. The first kappa shape index (κ1) is 20.7. The van der Waals surface area contributed by atoms with Gasteiger partial charge in [-0.05, 0) is 58.0 Å². The van der Waals surface area contributed by atoms with Crippen LogP contribution in [0.2, 0.25) is 0 Å². The molecule has 1 N–H and O–H groups in total. The molecule has 0 aliphatic rings. The van der Waals surface area contributed by atoms with Gasteiger partial charge in [0.15, 0.2) is 0 Å². The standard InChI is InChI=1S/C19H22N4O5S/c1-11(2)23(5)29(25,26)15-8-6-14(7-9-15)17(24)20-19-22-21-18(28-19)16-10-12(3)27-13(16)4/h6-11H,1-5H3,(H,20,22,24). The molecule has 0 atom stereocenters. The highest BCUT2D eigenvalue weighted by Gasteiger charge is 2.23. The fourth-order valence-corrected chi connectivity index (χ4v) is 3.98. The van der Waals surface area contributed by atoms with E-state index in [1.807, 2.05) is 0 Å². The summed E-state index contributed by atoms with van der Waals surface area (Å²) >= 11 is 0. The SMILES string of the molecule is Cc1cc(-c2nnc(NC(=O)c3ccc(S(=O)(=O)N(C)C(C)C)cc3)o2)c(C)o1. The summed E-state index contributed by atoms with van der Waals surface area (Å²) in [6, 6.07) is 7.15. The summed E-state index contributed by atoms with van der Waals surface area (Å²) in [6.07, 6.45) is 0. The molecule has 0 unspecified atom stereocenters. The minimum absolute atomic E-state index is 0.0699. The minimum atomic E-state index is -3.62. The van der Waals surface area contributed by atoms with E-state index in [2.05, 4.69) is 15.5 Å². The molecule has 2 aromatic heterocycles. The van der Waals surface area contributed by atoms with Crippen LogP contribution < -0.4 is 5.32 Å². The number of hydrogen-bond donors (Lipinski definition) is 1. The molecule has 154 valence electrons. The van der Waals surface area contributed by atoms with Crippen LogP contribution in [0.5, 0.6) is 0 Å². The van der Waals surface area contributed by atoms with E-state index in [1.165, 1.54) is 35.6 Å². The second kappa shape index (κ2) is 7.80. The molecule has 2 heterocycles. The van der Waals surface area contributed by atoms with Crippen molar-refractivity contribution < 1.29 is 22.0 Å². The molecule has 1 aromatic carbocycles. The van der Waals surface area contributed by atoms with E-state index < -0.39 is 15.9 Å². The molecule has 0 aliphatic carbocycles. The highest BCUT2D eigenvalue weighted by molar-refractivity contribution is 7.89. The predicted molar refractivity (Wildman–Crippen MR) is 106 cm³/mol. The van der Waals surface area contributed by atoms with E-state index >= 15 is 0 Å². The van der Waals surface area contributed by atoms with Gasteiger partial charge in [-0.15, -0.1) is 5.10 Å². The highest BCUT2D eigenvalue weighted by Crippen LogP contribution is 2.26. The van der Waals surface area contributed by atoms with Gasteiger partial charge in [-0.25, -0.2) is 8.42 Å². The molecule has 3 rings (SSSR count). The molecule has 0 fully saturated rings. The number of aromatic nitrogens is 2. The van der Waals surface area contributed by atoms with Crippen molar-refractivity contribution in [3.05, 3.63) is 47.4 Å². The average Bonchev–Trinajstić information content (AvgIpc) is 3.26. The second-order valence-electron chi connectivity index (χ2n) is 6.83. The molecule has 29 heavy (non-hydrogen) atoms. The van der Waals surface area contributed by atoms with Crippen LogP contribution in [0.1, 0.15) is 35.7 Å². The van der Waals surface area contributed by atoms with Crippen LogP contribution in [0.15, 0.2) is 44.1 Å². The van der Waals surface area contributed by atoms with Crippen molar-refractivity contribution in [1.82, 2.24) is 14.5 Å². The first-order chi connectivity index (χ1) is 13.6. The molecule has 1 amide bonds. The van der Waals surface area contributed by atoms with Gasteiger partial charge in [0.25, 0.3) is 11.8 Å². The van der Waals surface area contributed by atoms with Crippen LogP contribution in [0.25, 0.3) is 11.5 Å². The van der Waals surface area contributed by atoms with Crippen molar-refractivity contribution in [2.45, 2.75) is 38.6 Å². The second-order valence-corrected chi connectivity index (χ2v) is 8.83. The Hall–Kier alpha value is -2.98. The Morgan fingerprint density at radius 3 is 2.31 bits per heavy atom. The number of anilines is 1. The lowest BCUT2D eigenvalue weighted by Crippen LogP contribution is -2.33. The van der Waals surface area contributed by atoms with Gasteiger partial charge in [0.2, 0.25) is 10.0 Å². The number of furan rings is 1. The molecule has 0 bridgehead atoms. The van der Waals surface area contributed by atoms with Crippen LogP contribution in [0, 0.1) is 13.8 Å². The van der Waals surface area contributed by atoms with Crippen molar-refractivity contribution in [2.24, 2.45) is 0 Å². The molecule has 0 radical (unpaired) electrons. The Kier molecular flexibility index (Phi) is 5.58. The monoisotopic (exact) mass is 418 g/mol. The molecular formula is C19H22N4O5S. The van der Waals surface area contributed by atoms with Gasteiger partial charge < -0.3 is 8.83 Å². The number of benzene rings is 1. The largest absolute Gasteiger partial charge is 0.466 e. The van der Waals surface area contributed by atoms with Gasteiger partial charge in [0.1, 0.15) is 11.5 Å². The first-order valence-electron chi connectivity index (χ1n) is 8.90. The van der Waals surface area contributed by atoms with E-state index in [1.54, 1.807) is 33.8 Å². The summed E-state index contributed by atoms with van der Waals surface area (Å²) in [6.45, 7) is 7.14. The van der Waals surface area contributed by atoms with Crippen molar-refractivity contribution in [3.8, 4) is 11.5 Å². The summed E-state index contributed by atoms with van der Waals surface area (Å²) in [4.78, 5) is 12.5. The van der Waals surface area contributed by atoms with Crippen LogP contribution >= 0.6 is 0 Å². The minimum Gasteiger partial charge on any atom is -0.466 e. The highest BCUT2D eigenvalue weighted by atomic mass is 32.2. The van der Waals surface area contributed by atoms with Gasteiger partial charge in [-0.1, -0.05) is 5.10 Å². The molecule has 9 nitrogen and oxygen atoms in total. The molecule has 0 saturated heterocycles. The fraction of sp³-hybridized carbons (Fsp3) is 0.316.